The van der Waals surface area contributed by atoms with Crippen LogP contribution in [0.15, 0.2) is 96.2 Å². The number of carbonyl (C=O) groups excluding carboxylic acids is 1. The molecule has 4 aromatic rings. The number of nitrogens with one attached hydrogen (secondary N) is 2. The van der Waals surface area contributed by atoms with Gasteiger partial charge in [-0.25, -0.2) is 13.1 Å². The molecule has 0 saturated carbocycles. The SMILES string of the molecule is O=C(CCc1ccc(S(=O)(=O)NCCc2ccccc2)cc1)Nc1ccc2cnccc2c1. The highest BCUT2D eigenvalue weighted by molar-refractivity contribution is 7.89. The third-order valence-electron chi connectivity index (χ3n) is 5.35. The van der Waals surface area contributed by atoms with Crippen molar-refractivity contribution in [3.8, 4) is 0 Å². The number of rotatable bonds is 9. The third-order valence-corrected chi connectivity index (χ3v) is 6.82. The van der Waals surface area contributed by atoms with E-state index in [-0.39, 0.29) is 10.8 Å². The van der Waals surface area contributed by atoms with E-state index in [2.05, 4.69) is 15.0 Å². The summed E-state index contributed by atoms with van der Waals surface area (Å²) in [5, 5.41) is 4.94. The van der Waals surface area contributed by atoms with Gasteiger partial charge < -0.3 is 5.32 Å². The van der Waals surface area contributed by atoms with Crippen LogP contribution in [0, 0.1) is 0 Å². The molecule has 0 aliphatic carbocycles. The molecule has 0 fully saturated rings. The number of carbonyl (C=O) groups is 1. The standard InChI is InChI=1S/C26H25N3O3S/c30-26(29-24-10-9-23-19-27-16-15-22(23)18-24)13-8-21-6-11-25(12-7-21)33(31,32)28-17-14-20-4-2-1-3-5-20/h1-7,9-12,15-16,18-19,28H,8,13-14,17H2,(H,29,30). The molecule has 1 amide bonds. The highest BCUT2D eigenvalue weighted by Crippen LogP contribution is 2.18. The lowest BCUT2D eigenvalue weighted by molar-refractivity contribution is -0.116. The maximum Gasteiger partial charge on any atom is 0.240 e. The van der Waals surface area contributed by atoms with Gasteiger partial charge in [-0.1, -0.05) is 48.5 Å². The van der Waals surface area contributed by atoms with Crippen molar-refractivity contribution in [3.05, 3.63) is 102 Å². The zero-order chi connectivity index (χ0) is 23.1. The van der Waals surface area contributed by atoms with Gasteiger partial charge >= 0.3 is 0 Å². The second-order valence-electron chi connectivity index (χ2n) is 7.76. The van der Waals surface area contributed by atoms with Crippen LogP contribution >= 0.6 is 0 Å². The number of pyridine rings is 1. The van der Waals surface area contributed by atoms with Crippen LogP contribution in [0.4, 0.5) is 5.69 Å². The van der Waals surface area contributed by atoms with Gasteiger partial charge in [0.15, 0.2) is 0 Å². The average molecular weight is 460 g/mol. The maximum atomic E-state index is 12.5. The van der Waals surface area contributed by atoms with Crippen molar-refractivity contribution in [1.82, 2.24) is 9.71 Å². The van der Waals surface area contributed by atoms with Crippen molar-refractivity contribution >= 4 is 32.4 Å². The Morgan fingerprint density at radius 1 is 0.818 bits per heavy atom. The number of anilines is 1. The third kappa shape index (κ3) is 6.25. The first-order valence-electron chi connectivity index (χ1n) is 10.8. The van der Waals surface area contributed by atoms with Crippen LogP contribution in [-0.4, -0.2) is 25.9 Å². The van der Waals surface area contributed by atoms with Gasteiger partial charge in [0.2, 0.25) is 15.9 Å². The Morgan fingerprint density at radius 2 is 1.58 bits per heavy atom. The van der Waals surface area contributed by atoms with E-state index >= 15 is 0 Å². The van der Waals surface area contributed by atoms with E-state index in [0.29, 0.717) is 25.8 Å². The number of benzene rings is 3. The van der Waals surface area contributed by atoms with Crippen molar-refractivity contribution in [2.24, 2.45) is 0 Å². The van der Waals surface area contributed by atoms with Crippen molar-refractivity contribution in [1.29, 1.82) is 0 Å². The summed E-state index contributed by atoms with van der Waals surface area (Å²) in [5.74, 6) is -0.0947. The molecule has 4 rings (SSSR count). The number of fused-ring (bicyclic) bond motifs is 1. The number of nitrogens with zero attached hydrogens (tertiary/aromatic N) is 1. The molecule has 3 aromatic carbocycles. The molecule has 0 bridgehead atoms. The Balaban J connectivity index is 1.28. The Labute approximate surface area is 193 Å². The summed E-state index contributed by atoms with van der Waals surface area (Å²) in [6.45, 7) is 0.333. The summed E-state index contributed by atoms with van der Waals surface area (Å²) in [5.41, 5.74) is 2.72. The first-order chi connectivity index (χ1) is 16.0. The number of sulfonamides is 1. The highest BCUT2D eigenvalue weighted by atomic mass is 32.2. The summed E-state index contributed by atoms with van der Waals surface area (Å²) < 4.78 is 27.7. The molecule has 6 nitrogen and oxygen atoms in total. The quantitative estimate of drug-likeness (QED) is 0.390. The molecular weight excluding hydrogens is 434 g/mol. The van der Waals surface area contributed by atoms with Crippen LogP contribution in [0.1, 0.15) is 17.5 Å². The van der Waals surface area contributed by atoms with Gasteiger partial charge in [-0.15, -0.1) is 0 Å². The minimum absolute atomic E-state index is 0.0947. The van der Waals surface area contributed by atoms with Gasteiger partial charge in [0, 0.05) is 36.4 Å². The molecule has 0 aliphatic heterocycles. The van der Waals surface area contributed by atoms with Crippen LogP contribution in [0.3, 0.4) is 0 Å². The molecule has 33 heavy (non-hydrogen) atoms. The number of amides is 1. The monoisotopic (exact) mass is 459 g/mol. The van der Waals surface area contributed by atoms with E-state index in [1.54, 1.807) is 36.7 Å². The van der Waals surface area contributed by atoms with E-state index in [9.17, 15) is 13.2 Å². The zero-order valence-corrected chi connectivity index (χ0v) is 18.9. The Kier molecular flexibility index (Phi) is 7.12. The van der Waals surface area contributed by atoms with Gasteiger partial charge in [-0.05, 0) is 59.7 Å². The zero-order valence-electron chi connectivity index (χ0n) is 18.1. The lowest BCUT2D eigenvalue weighted by Crippen LogP contribution is -2.26. The molecule has 1 aromatic heterocycles. The fraction of sp³-hybridized carbons (Fsp3) is 0.154. The summed E-state index contributed by atoms with van der Waals surface area (Å²) in [4.78, 5) is 16.7. The Morgan fingerprint density at radius 3 is 2.36 bits per heavy atom. The van der Waals surface area contributed by atoms with E-state index in [1.807, 2.05) is 54.6 Å². The second-order valence-corrected chi connectivity index (χ2v) is 9.53. The van der Waals surface area contributed by atoms with Crippen molar-refractivity contribution in [3.63, 3.8) is 0 Å². The van der Waals surface area contributed by atoms with Crippen LogP contribution < -0.4 is 10.0 Å². The normalized spacial score (nSPS) is 11.4. The maximum absolute atomic E-state index is 12.5. The lowest BCUT2D eigenvalue weighted by Gasteiger charge is -2.09. The van der Waals surface area contributed by atoms with E-state index < -0.39 is 10.0 Å². The fourth-order valence-electron chi connectivity index (χ4n) is 3.54. The average Bonchev–Trinajstić information content (AvgIpc) is 2.83. The molecule has 0 atom stereocenters. The van der Waals surface area contributed by atoms with Crippen molar-refractivity contribution in [2.45, 2.75) is 24.2 Å². The highest BCUT2D eigenvalue weighted by Gasteiger charge is 2.13. The second kappa shape index (κ2) is 10.4. The topological polar surface area (TPSA) is 88.2 Å². The van der Waals surface area contributed by atoms with Gasteiger partial charge in [0.25, 0.3) is 0 Å². The summed E-state index contributed by atoms with van der Waals surface area (Å²) in [6.07, 6.45) is 4.95. The largest absolute Gasteiger partial charge is 0.326 e. The van der Waals surface area contributed by atoms with Gasteiger partial charge in [-0.3, -0.25) is 9.78 Å². The summed E-state index contributed by atoms with van der Waals surface area (Å²) >= 11 is 0. The summed E-state index contributed by atoms with van der Waals surface area (Å²) in [6, 6.07) is 24.0. The first kappa shape index (κ1) is 22.6. The molecule has 168 valence electrons. The molecule has 0 saturated heterocycles. The predicted molar refractivity (Wildman–Crippen MR) is 130 cm³/mol. The van der Waals surface area contributed by atoms with Crippen LogP contribution in [0.5, 0.6) is 0 Å². The number of aromatic nitrogens is 1. The number of hydrogen-bond acceptors (Lipinski definition) is 4. The van der Waals surface area contributed by atoms with E-state index in [4.69, 9.17) is 0 Å². The molecule has 0 unspecified atom stereocenters. The first-order valence-corrected chi connectivity index (χ1v) is 12.2. The minimum Gasteiger partial charge on any atom is -0.326 e. The fourth-order valence-corrected chi connectivity index (χ4v) is 4.57. The number of aryl methyl sites for hydroxylation is 1. The minimum atomic E-state index is -3.57. The van der Waals surface area contributed by atoms with Crippen molar-refractivity contribution < 1.29 is 13.2 Å². The Bertz CT molecular complexity index is 1340. The van der Waals surface area contributed by atoms with Crippen LogP contribution in [-0.2, 0) is 27.7 Å². The van der Waals surface area contributed by atoms with E-state index in [1.165, 1.54) is 0 Å². The van der Waals surface area contributed by atoms with Crippen LogP contribution in [0.25, 0.3) is 10.8 Å². The van der Waals surface area contributed by atoms with Gasteiger partial charge in [-0.2, -0.15) is 0 Å². The molecule has 7 heteroatoms. The van der Waals surface area contributed by atoms with Crippen molar-refractivity contribution in [2.75, 3.05) is 11.9 Å². The summed E-state index contributed by atoms with van der Waals surface area (Å²) in [7, 11) is -3.57. The lowest BCUT2D eigenvalue weighted by atomic mass is 10.1. The molecule has 0 spiro atoms. The molecule has 0 aliphatic rings. The predicted octanol–water partition coefficient (Wildman–Crippen LogP) is 4.33. The van der Waals surface area contributed by atoms with Gasteiger partial charge in [0.05, 0.1) is 4.90 Å². The van der Waals surface area contributed by atoms with Crippen LogP contribution in [0.2, 0.25) is 0 Å². The molecule has 0 radical (unpaired) electrons. The number of hydrogen-bond donors (Lipinski definition) is 2. The molecule has 2 N–H and O–H groups in total. The Hall–Kier alpha value is -3.55. The smallest absolute Gasteiger partial charge is 0.240 e. The molecular formula is C26H25N3O3S. The van der Waals surface area contributed by atoms with Gasteiger partial charge in [0.1, 0.15) is 0 Å². The van der Waals surface area contributed by atoms with E-state index in [0.717, 1.165) is 27.6 Å². The molecule has 1 heterocycles.